The maximum atomic E-state index is 10.9. The Morgan fingerprint density at radius 3 is 2.46 bits per heavy atom. The third-order valence-corrected chi connectivity index (χ3v) is 2.62. The number of hydrogen-bond donors (Lipinski definition) is 1. The van der Waals surface area contributed by atoms with Crippen LogP contribution in [-0.4, -0.2) is 25.7 Å². The Hall–Kier alpha value is -0.570. The molecule has 1 aliphatic carbocycles. The molecule has 0 aromatic heterocycles. The molecule has 76 valence electrons. The number of esters is 1. The summed E-state index contributed by atoms with van der Waals surface area (Å²) in [7, 11) is 1.43. The maximum Gasteiger partial charge on any atom is 0.319 e. The SMILES string of the molecule is COC(=O)CNC1CCCCCC1. The van der Waals surface area contributed by atoms with Crippen LogP contribution in [0, 0.1) is 0 Å². The van der Waals surface area contributed by atoms with E-state index in [0.717, 1.165) is 0 Å². The summed E-state index contributed by atoms with van der Waals surface area (Å²) in [5, 5.41) is 3.24. The number of methoxy groups -OCH3 is 1. The molecule has 1 saturated carbocycles. The second kappa shape index (κ2) is 5.97. The normalized spacial score (nSPS) is 19.5. The molecule has 1 aliphatic rings. The van der Waals surface area contributed by atoms with Crippen molar-refractivity contribution >= 4 is 5.97 Å². The van der Waals surface area contributed by atoms with Crippen molar-refractivity contribution in [3.05, 3.63) is 0 Å². The fourth-order valence-corrected chi connectivity index (χ4v) is 1.78. The fourth-order valence-electron chi connectivity index (χ4n) is 1.78. The van der Waals surface area contributed by atoms with Crippen molar-refractivity contribution in [2.75, 3.05) is 13.7 Å². The molecule has 0 atom stereocenters. The van der Waals surface area contributed by atoms with E-state index in [9.17, 15) is 4.79 Å². The highest BCUT2D eigenvalue weighted by Crippen LogP contribution is 2.16. The molecule has 0 heterocycles. The van der Waals surface area contributed by atoms with Crippen LogP contribution in [0.15, 0.2) is 0 Å². The molecule has 0 aromatic rings. The first kappa shape index (κ1) is 10.5. The van der Waals surface area contributed by atoms with Gasteiger partial charge in [-0.1, -0.05) is 25.7 Å². The van der Waals surface area contributed by atoms with Gasteiger partial charge in [0.05, 0.1) is 13.7 Å². The summed E-state index contributed by atoms with van der Waals surface area (Å²) in [5.74, 6) is -0.163. The minimum Gasteiger partial charge on any atom is -0.468 e. The van der Waals surface area contributed by atoms with E-state index < -0.39 is 0 Å². The van der Waals surface area contributed by atoms with Crippen molar-refractivity contribution in [1.29, 1.82) is 0 Å². The van der Waals surface area contributed by atoms with E-state index in [2.05, 4.69) is 10.1 Å². The van der Waals surface area contributed by atoms with Gasteiger partial charge in [0, 0.05) is 6.04 Å². The van der Waals surface area contributed by atoms with Crippen LogP contribution >= 0.6 is 0 Å². The molecule has 0 aliphatic heterocycles. The maximum absolute atomic E-state index is 10.9. The van der Waals surface area contributed by atoms with E-state index in [1.165, 1.54) is 45.6 Å². The number of carbonyl (C=O) groups is 1. The van der Waals surface area contributed by atoms with Gasteiger partial charge in [-0.2, -0.15) is 0 Å². The number of ether oxygens (including phenoxy) is 1. The molecule has 0 spiro atoms. The van der Waals surface area contributed by atoms with Crippen LogP contribution in [0.25, 0.3) is 0 Å². The van der Waals surface area contributed by atoms with E-state index in [1.807, 2.05) is 0 Å². The van der Waals surface area contributed by atoms with E-state index in [4.69, 9.17) is 0 Å². The van der Waals surface area contributed by atoms with Gasteiger partial charge < -0.3 is 10.1 Å². The van der Waals surface area contributed by atoms with Crippen molar-refractivity contribution in [2.24, 2.45) is 0 Å². The number of nitrogens with one attached hydrogen (secondary N) is 1. The summed E-state index contributed by atoms with van der Waals surface area (Å²) in [6, 6.07) is 0.529. The van der Waals surface area contributed by atoms with Crippen molar-refractivity contribution in [2.45, 2.75) is 44.6 Å². The Labute approximate surface area is 79.8 Å². The van der Waals surface area contributed by atoms with Crippen molar-refractivity contribution in [3.8, 4) is 0 Å². The lowest BCUT2D eigenvalue weighted by Gasteiger charge is -2.14. The zero-order chi connectivity index (χ0) is 9.52. The first-order chi connectivity index (χ1) is 6.33. The Balaban J connectivity index is 2.15. The number of hydrogen-bond acceptors (Lipinski definition) is 3. The smallest absolute Gasteiger partial charge is 0.319 e. The van der Waals surface area contributed by atoms with Gasteiger partial charge >= 0.3 is 5.97 Å². The molecule has 3 heteroatoms. The lowest BCUT2D eigenvalue weighted by atomic mass is 10.1. The Morgan fingerprint density at radius 1 is 1.31 bits per heavy atom. The molecule has 1 fully saturated rings. The average molecular weight is 185 g/mol. The summed E-state index contributed by atoms with van der Waals surface area (Å²) in [6.07, 6.45) is 7.68. The lowest BCUT2D eigenvalue weighted by molar-refractivity contribution is -0.139. The average Bonchev–Trinajstić information content (AvgIpc) is 2.42. The van der Waals surface area contributed by atoms with Gasteiger partial charge in [0.25, 0.3) is 0 Å². The highest BCUT2D eigenvalue weighted by atomic mass is 16.5. The molecule has 0 radical (unpaired) electrons. The number of rotatable bonds is 3. The van der Waals surface area contributed by atoms with Crippen LogP contribution in [-0.2, 0) is 9.53 Å². The van der Waals surface area contributed by atoms with Crippen LogP contribution in [0.1, 0.15) is 38.5 Å². The molecular weight excluding hydrogens is 166 g/mol. The van der Waals surface area contributed by atoms with Gasteiger partial charge in [-0.05, 0) is 12.8 Å². The molecule has 0 saturated heterocycles. The van der Waals surface area contributed by atoms with Crippen molar-refractivity contribution in [1.82, 2.24) is 5.32 Å². The van der Waals surface area contributed by atoms with E-state index in [-0.39, 0.29) is 5.97 Å². The summed E-state index contributed by atoms with van der Waals surface area (Å²) in [4.78, 5) is 10.9. The summed E-state index contributed by atoms with van der Waals surface area (Å²) >= 11 is 0. The van der Waals surface area contributed by atoms with E-state index in [1.54, 1.807) is 0 Å². The molecule has 13 heavy (non-hydrogen) atoms. The van der Waals surface area contributed by atoms with Gasteiger partial charge in [0.15, 0.2) is 0 Å². The summed E-state index contributed by atoms with van der Waals surface area (Å²) in [5.41, 5.74) is 0. The molecule has 0 unspecified atom stereocenters. The quantitative estimate of drug-likeness (QED) is 0.534. The third-order valence-electron chi connectivity index (χ3n) is 2.62. The third kappa shape index (κ3) is 4.27. The van der Waals surface area contributed by atoms with Crippen LogP contribution in [0.4, 0.5) is 0 Å². The molecule has 3 nitrogen and oxygen atoms in total. The van der Waals surface area contributed by atoms with Crippen molar-refractivity contribution in [3.63, 3.8) is 0 Å². The van der Waals surface area contributed by atoms with Gasteiger partial charge in [-0.15, -0.1) is 0 Å². The molecule has 1 rings (SSSR count). The van der Waals surface area contributed by atoms with Crippen LogP contribution in [0.3, 0.4) is 0 Å². The fraction of sp³-hybridized carbons (Fsp3) is 0.900. The molecular formula is C10H19NO2. The topological polar surface area (TPSA) is 38.3 Å². The summed E-state index contributed by atoms with van der Waals surface area (Å²) < 4.78 is 4.57. The molecule has 1 N–H and O–H groups in total. The first-order valence-electron chi connectivity index (χ1n) is 5.13. The minimum absolute atomic E-state index is 0.163. The van der Waals surface area contributed by atoms with Crippen LogP contribution in [0.2, 0.25) is 0 Å². The lowest BCUT2D eigenvalue weighted by Crippen LogP contribution is -2.33. The highest BCUT2D eigenvalue weighted by Gasteiger charge is 2.12. The van der Waals surface area contributed by atoms with E-state index in [0.29, 0.717) is 12.6 Å². The highest BCUT2D eigenvalue weighted by molar-refractivity contribution is 5.71. The van der Waals surface area contributed by atoms with E-state index >= 15 is 0 Å². The zero-order valence-corrected chi connectivity index (χ0v) is 8.34. The van der Waals surface area contributed by atoms with Gasteiger partial charge in [0.2, 0.25) is 0 Å². The zero-order valence-electron chi connectivity index (χ0n) is 8.34. The Bertz CT molecular complexity index is 151. The second-order valence-corrected chi connectivity index (χ2v) is 3.65. The summed E-state index contributed by atoms with van der Waals surface area (Å²) in [6.45, 7) is 0.362. The van der Waals surface area contributed by atoms with Crippen LogP contribution in [0.5, 0.6) is 0 Å². The number of carbonyl (C=O) groups excluding carboxylic acids is 1. The first-order valence-corrected chi connectivity index (χ1v) is 5.13. The van der Waals surface area contributed by atoms with Gasteiger partial charge in [-0.25, -0.2) is 0 Å². The van der Waals surface area contributed by atoms with Gasteiger partial charge in [0.1, 0.15) is 0 Å². The second-order valence-electron chi connectivity index (χ2n) is 3.65. The monoisotopic (exact) mass is 185 g/mol. The largest absolute Gasteiger partial charge is 0.468 e. The molecule has 0 bridgehead atoms. The molecule has 0 aromatic carbocycles. The van der Waals surface area contributed by atoms with Gasteiger partial charge in [-0.3, -0.25) is 4.79 Å². The Kier molecular flexibility index (Phi) is 4.83. The van der Waals surface area contributed by atoms with Crippen LogP contribution < -0.4 is 5.32 Å². The minimum atomic E-state index is -0.163. The van der Waals surface area contributed by atoms with Crippen molar-refractivity contribution < 1.29 is 9.53 Å². The Morgan fingerprint density at radius 2 is 1.92 bits per heavy atom. The molecule has 0 amide bonds. The standard InChI is InChI=1S/C10H19NO2/c1-13-10(12)8-11-9-6-4-2-3-5-7-9/h9,11H,2-8H2,1H3. The predicted octanol–water partition coefficient (Wildman–Crippen LogP) is 1.47. The predicted molar refractivity (Wildman–Crippen MR) is 51.5 cm³/mol.